The second kappa shape index (κ2) is 3.88. The van der Waals surface area contributed by atoms with Gasteiger partial charge in [0.05, 0.1) is 11.2 Å². The maximum absolute atomic E-state index is 11.8. The fourth-order valence-electron chi connectivity index (χ4n) is 2.20. The van der Waals surface area contributed by atoms with Crippen molar-refractivity contribution in [2.45, 2.75) is 43.8 Å². The van der Waals surface area contributed by atoms with E-state index in [9.17, 15) is 13.2 Å². The average molecular weight is 220 g/mol. The smallest absolute Gasteiger partial charge is 0.304 e. The third-order valence-corrected chi connectivity index (χ3v) is 5.66. The number of carboxylic acids is 1. The lowest BCUT2D eigenvalue weighted by Gasteiger charge is -2.26. The average Bonchev–Trinajstić information content (AvgIpc) is 2.53. The van der Waals surface area contributed by atoms with Crippen LogP contribution in [0.1, 0.15) is 39.0 Å². The quantitative estimate of drug-likeness (QED) is 0.773. The van der Waals surface area contributed by atoms with Crippen LogP contribution in [0.5, 0.6) is 0 Å². The zero-order valence-corrected chi connectivity index (χ0v) is 9.14. The van der Waals surface area contributed by atoms with Crippen LogP contribution in [0.25, 0.3) is 0 Å². The molecule has 0 saturated heterocycles. The molecule has 0 spiro atoms. The zero-order chi connectivity index (χ0) is 10.8. The maximum atomic E-state index is 11.8. The lowest BCUT2D eigenvalue weighted by Crippen LogP contribution is -2.39. The van der Waals surface area contributed by atoms with Gasteiger partial charge in [0.2, 0.25) is 0 Å². The molecule has 1 aliphatic carbocycles. The van der Waals surface area contributed by atoms with Crippen LogP contribution in [0.2, 0.25) is 0 Å². The van der Waals surface area contributed by atoms with E-state index in [0.29, 0.717) is 12.8 Å². The van der Waals surface area contributed by atoms with E-state index >= 15 is 0 Å². The van der Waals surface area contributed by atoms with Crippen molar-refractivity contribution in [2.75, 3.05) is 5.75 Å². The van der Waals surface area contributed by atoms with Crippen molar-refractivity contribution in [3.63, 3.8) is 0 Å². The first-order valence-corrected chi connectivity index (χ1v) is 6.53. The Bertz CT molecular complexity index is 312. The molecule has 0 aromatic carbocycles. The molecule has 0 unspecified atom stereocenters. The van der Waals surface area contributed by atoms with Gasteiger partial charge in [0, 0.05) is 5.75 Å². The van der Waals surface area contributed by atoms with Crippen molar-refractivity contribution in [3.05, 3.63) is 0 Å². The first kappa shape index (κ1) is 11.5. The van der Waals surface area contributed by atoms with Gasteiger partial charge in [-0.1, -0.05) is 19.8 Å². The van der Waals surface area contributed by atoms with Crippen LogP contribution in [-0.4, -0.2) is 30.0 Å². The Morgan fingerprint density at radius 1 is 1.36 bits per heavy atom. The number of carbonyl (C=O) groups is 1. The van der Waals surface area contributed by atoms with Gasteiger partial charge in [-0.2, -0.15) is 0 Å². The molecule has 5 heteroatoms. The second-order valence-electron chi connectivity index (χ2n) is 3.86. The molecule has 0 aromatic rings. The lowest BCUT2D eigenvalue weighted by atomic mass is 10.0. The van der Waals surface area contributed by atoms with E-state index in [0.717, 1.165) is 12.8 Å². The summed E-state index contributed by atoms with van der Waals surface area (Å²) in [6, 6.07) is 0. The normalized spacial score (nSPS) is 20.9. The molecular formula is C9H16O4S. The highest BCUT2D eigenvalue weighted by Crippen LogP contribution is 2.40. The summed E-state index contributed by atoms with van der Waals surface area (Å²) in [5.74, 6) is -0.968. The molecule has 1 fully saturated rings. The Balaban J connectivity index is 2.99. The Morgan fingerprint density at radius 2 is 1.86 bits per heavy atom. The summed E-state index contributed by atoms with van der Waals surface area (Å²) >= 11 is 0. The second-order valence-corrected chi connectivity index (χ2v) is 6.54. The van der Waals surface area contributed by atoms with Crippen LogP contribution in [0.3, 0.4) is 0 Å². The number of aliphatic carboxylic acids is 1. The third-order valence-electron chi connectivity index (χ3n) is 3.03. The van der Waals surface area contributed by atoms with Gasteiger partial charge in [0.15, 0.2) is 9.84 Å². The van der Waals surface area contributed by atoms with Crippen molar-refractivity contribution in [2.24, 2.45) is 0 Å². The Morgan fingerprint density at radius 3 is 2.21 bits per heavy atom. The molecule has 1 N–H and O–H groups in total. The van der Waals surface area contributed by atoms with Crippen molar-refractivity contribution in [3.8, 4) is 0 Å². The maximum Gasteiger partial charge on any atom is 0.304 e. The van der Waals surface area contributed by atoms with Gasteiger partial charge >= 0.3 is 5.97 Å². The molecule has 0 aliphatic heterocycles. The SMILES string of the molecule is CCS(=O)(=O)C1(CC(=O)O)CCCC1. The first-order chi connectivity index (χ1) is 6.43. The molecule has 82 valence electrons. The largest absolute Gasteiger partial charge is 0.481 e. The number of rotatable bonds is 4. The molecular weight excluding hydrogens is 204 g/mol. The van der Waals surface area contributed by atoms with Crippen LogP contribution in [0.15, 0.2) is 0 Å². The monoisotopic (exact) mass is 220 g/mol. The minimum absolute atomic E-state index is 0.0419. The first-order valence-electron chi connectivity index (χ1n) is 4.88. The zero-order valence-electron chi connectivity index (χ0n) is 8.32. The summed E-state index contributed by atoms with van der Waals surface area (Å²) < 4.78 is 22.6. The van der Waals surface area contributed by atoms with E-state index in [1.807, 2.05) is 0 Å². The van der Waals surface area contributed by atoms with E-state index in [-0.39, 0.29) is 12.2 Å². The van der Waals surface area contributed by atoms with Crippen LogP contribution < -0.4 is 0 Å². The summed E-state index contributed by atoms with van der Waals surface area (Å²) in [5.41, 5.74) is 0. The highest BCUT2D eigenvalue weighted by Gasteiger charge is 2.46. The summed E-state index contributed by atoms with van der Waals surface area (Å²) in [6.07, 6.45) is 2.44. The van der Waals surface area contributed by atoms with Crippen LogP contribution in [0.4, 0.5) is 0 Å². The Kier molecular flexibility index (Phi) is 3.19. The van der Waals surface area contributed by atoms with Gasteiger partial charge in [-0.05, 0) is 12.8 Å². The van der Waals surface area contributed by atoms with Gasteiger partial charge < -0.3 is 5.11 Å². The van der Waals surface area contributed by atoms with Crippen LogP contribution in [0, 0.1) is 0 Å². The molecule has 1 saturated carbocycles. The summed E-state index contributed by atoms with van der Waals surface area (Å²) in [5, 5.41) is 8.73. The molecule has 0 atom stereocenters. The van der Waals surface area contributed by atoms with Gasteiger partial charge in [0.1, 0.15) is 0 Å². The van der Waals surface area contributed by atoms with E-state index in [1.54, 1.807) is 6.92 Å². The molecule has 0 radical (unpaired) electrons. The summed E-state index contributed by atoms with van der Waals surface area (Å²) in [4.78, 5) is 10.7. The Hall–Kier alpha value is -0.580. The molecule has 0 amide bonds. The van der Waals surface area contributed by atoms with E-state index in [4.69, 9.17) is 5.11 Å². The minimum atomic E-state index is -3.24. The van der Waals surface area contributed by atoms with Crippen LogP contribution >= 0.6 is 0 Å². The molecule has 1 aliphatic rings. The number of hydrogen-bond acceptors (Lipinski definition) is 3. The van der Waals surface area contributed by atoms with Gasteiger partial charge in [-0.3, -0.25) is 4.79 Å². The topological polar surface area (TPSA) is 71.4 Å². The number of sulfone groups is 1. The predicted molar refractivity (Wildman–Crippen MR) is 52.9 cm³/mol. The highest BCUT2D eigenvalue weighted by molar-refractivity contribution is 7.92. The Labute approximate surface area is 84.2 Å². The molecule has 0 heterocycles. The molecule has 1 rings (SSSR count). The van der Waals surface area contributed by atoms with Crippen molar-refractivity contribution in [1.82, 2.24) is 0 Å². The lowest BCUT2D eigenvalue weighted by molar-refractivity contribution is -0.137. The fourth-order valence-corrected chi connectivity index (χ4v) is 4.07. The van der Waals surface area contributed by atoms with Crippen LogP contribution in [-0.2, 0) is 14.6 Å². The third kappa shape index (κ3) is 1.92. The van der Waals surface area contributed by atoms with Gasteiger partial charge in [-0.25, -0.2) is 8.42 Å². The fraction of sp³-hybridized carbons (Fsp3) is 0.889. The van der Waals surface area contributed by atoms with Gasteiger partial charge in [0.25, 0.3) is 0 Å². The number of hydrogen-bond donors (Lipinski definition) is 1. The van der Waals surface area contributed by atoms with E-state index < -0.39 is 20.6 Å². The number of carboxylic acid groups (broad SMARTS) is 1. The van der Waals surface area contributed by atoms with E-state index in [1.165, 1.54) is 0 Å². The van der Waals surface area contributed by atoms with Crippen molar-refractivity contribution in [1.29, 1.82) is 0 Å². The highest BCUT2D eigenvalue weighted by atomic mass is 32.2. The molecule has 4 nitrogen and oxygen atoms in total. The van der Waals surface area contributed by atoms with E-state index in [2.05, 4.69) is 0 Å². The minimum Gasteiger partial charge on any atom is -0.481 e. The standard InChI is InChI=1S/C9H16O4S/c1-2-14(12,13)9(7-8(10)11)5-3-4-6-9/h2-7H2,1H3,(H,10,11). The molecule has 14 heavy (non-hydrogen) atoms. The van der Waals surface area contributed by atoms with Crippen molar-refractivity contribution < 1.29 is 18.3 Å². The van der Waals surface area contributed by atoms with Gasteiger partial charge in [-0.15, -0.1) is 0 Å². The summed E-state index contributed by atoms with van der Waals surface area (Å²) in [6.45, 7) is 1.58. The molecule has 0 aromatic heterocycles. The predicted octanol–water partition coefficient (Wildman–Crippen LogP) is 1.21. The summed E-state index contributed by atoms with van der Waals surface area (Å²) in [7, 11) is -3.24. The molecule has 0 bridgehead atoms. The van der Waals surface area contributed by atoms with Crippen molar-refractivity contribution >= 4 is 15.8 Å².